The van der Waals surface area contributed by atoms with Gasteiger partial charge in [0.1, 0.15) is 0 Å². The molecule has 0 N–H and O–H groups in total. The molecule has 0 aliphatic carbocycles. The van der Waals surface area contributed by atoms with Crippen LogP contribution in [0.2, 0.25) is 0 Å². The number of hydrogen-bond acceptors (Lipinski definition) is 1. The van der Waals surface area contributed by atoms with Crippen LogP contribution in [0.25, 0.3) is 0 Å². The van der Waals surface area contributed by atoms with E-state index in [1.54, 1.807) is 6.08 Å². The first kappa shape index (κ1) is 9.54. The molecule has 0 aliphatic heterocycles. The van der Waals surface area contributed by atoms with Crippen molar-refractivity contribution in [2.75, 3.05) is 0 Å². The molecular formula is C12H12N. The van der Waals surface area contributed by atoms with Gasteiger partial charge in [0, 0.05) is 6.42 Å². The van der Waals surface area contributed by atoms with Crippen LogP contribution in [-0.4, -0.2) is 0 Å². The van der Waals surface area contributed by atoms with Crippen LogP contribution in [-0.2, 0) is 6.42 Å². The first-order chi connectivity index (χ1) is 6.33. The number of nitrogens with zero attached hydrogens (tertiary/aromatic N) is 1. The molecule has 13 heavy (non-hydrogen) atoms. The molecule has 0 bridgehead atoms. The van der Waals surface area contributed by atoms with Crippen LogP contribution in [0.1, 0.15) is 23.6 Å². The number of hydrogen-bond donors (Lipinski definition) is 0. The predicted molar refractivity (Wildman–Crippen MR) is 54.1 cm³/mol. The van der Waals surface area contributed by atoms with E-state index in [2.05, 4.69) is 19.6 Å². The van der Waals surface area contributed by atoms with Crippen molar-refractivity contribution in [2.24, 2.45) is 0 Å². The summed E-state index contributed by atoms with van der Waals surface area (Å²) >= 11 is 0. The van der Waals surface area contributed by atoms with E-state index in [1.807, 2.05) is 24.6 Å². The zero-order chi connectivity index (χ0) is 9.68. The highest BCUT2D eigenvalue weighted by atomic mass is 14.2. The fourth-order valence-corrected chi connectivity index (χ4v) is 1.39. The van der Waals surface area contributed by atoms with E-state index in [0.29, 0.717) is 0 Å². The van der Waals surface area contributed by atoms with E-state index >= 15 is 0 Å². The molecule has 1 heteroatoms. The lowest BCUT2D eigenvalue weighted by Crippen LogP contribution is -1.93. The molecule has 0 amide bonds. The second kappa shape index (κ2) is 4.47. The summed E-state index contributed by atoms with van der Waals surface area (Å²) in [6.07, 6.45) is 4.55. The third kappa shape index (κ3) is 1.97. The quantitative estimate of drug-likeness (QED) is 0.684. The van der Waals surface area contributed by atoms with Crippen LogP contribution in [0.5, 0.6) is 0 Å². The lowest BCUT2D eigenvalue weighted by atomic mass is 9.97. The minimum absolute atomic E-state index is 0.762. The summed E-state index contributed by atoms with van der Waals surface area (Å²) in [5.41, 5.74) is 2.96. The van der Waals surface area contributed by atoms with Gasteiger partial charge in [0.15, 0.2) is 0 Å². The van der Waals surface area contributed by atoms with Crippen molar-refractivity contribution < 1.29 is 0 Å². The Hall–Kier alpha value is -1.55. The molecule has 1 aromatic carbocycles. The molecule has 1 radical (unpaired) electrons. The maximum atomic E-state index is 8.85. The molecule has 1 nitrogen and oxygen atoms in total. The summed E-state index contributed by atoms with van der Waals surface area (Å²) in [5.74, 6) is 0. The summed E-state index contributed by atoms with van der Waals surface area (Å²) in [5, 5.41) is 8.85. The van der Waals surface area contributed by atoms with E-state index < -0.39 is 0 Å². The summed E-state index contributed by atoms with van der Waals surface area (Å²) in [6.45, 7) is 5.70. The summed E-state index contributed by atoms with van der Waals surface area (Å²) in [7, 11) is 0. The Morgan fingerprint density at radius 1 is 1.54 bits per heavy atom. The Balaban J connectivity index is 3.20. The highest BCUT2D eigenvalue weighted by Crippen LogP contribution is 2.16. The van der Waals surface area contributed by atoms with Crippen LogP contribution in [0, 0.1) is 17.8 Å². The van der Waals surface area contributed by atoms with Gasteiger partial charge in [0.05, 0.1) is 11.6 Å². The van der Waals surface area contributed by atoms with Crippen LogP contribution in [0.4, 0.5) is 0 Å². The zero-order valence-electron chi connectivity index (χ0n) is 7.75. The molecule has 0 atom stereocenters. The largest absolute Gasteiger partial charge is 0.192 e. The summed E-state index contributed by atoms with van der Waals surface area (Å²) in [6, 6.07) is 7.93. The molecule has 0 spiro atoms. The minimum Gasteiger partial charge on any atom is -0.192 e. The maximum absolute atomic E-state index is 8.85. The number of nitriles is 1. The van der Waals surface area contributed by atoms with E-state index in [1.165, 1.54) is 0 Å². The molecule has 0 aromatic heterocycles. The highest BCUT2D eigenvalue weighted by molar-refractivity contribution is 5.46. The van der Waals surface area contributed by atoms with Crippen LogP contribution < -0.4 is 0 Å². The number of allylic oxidation sites excluding steroid dienone is 1. The van der Waals surface area contributed by atoms with Crippen molar-refractivity contribution in [3.05, 3.63) is 54.0 Å². The van der Waals surface area contributed by atoms with E-state index in [-0.39, 0.29) is 0 Å². The zero-order valence-corrected chi connectivity index (χ0v) is 7.75. The van der Waals surface area contributed by atoms with Gasteiger partial charge < -0.3 is 0 Å². The Morgan fingerprint density at radius 2 is 2.31 bits per heavy atom. The maximum Gasteiger partial charge on any atom is 0.0994 e. The normalized spacial score (nSPS) is 9.23. The fraction of sp³-hybridized carbons (Fsp3) is 0.167. The molecule has 0 saturated carbocycles. The van der Waals surface area contributed by atoms with E-state index in [4.69, 9.17) is 5.26 Å². The third-order valence-electron chi connectivity index (χ3n) is 1.98. The topological polar surface area (TPSA) is 23.8 Å². The average molecular weight is 170 g/mol. The summed E-state index contributed by atoms with van der Waals surface area (Å²) in [4.78, 5) is 0. The minimum atomic E-state index is 0.762. The van der Waals surface area contributed by atoms with Crippen molar-refractivity contribution >= 4 is 0 Å². The molecular weight excluding hydrogens is 158 g/mol. The SMILES string of the molecule is C=C[CH]c1cccc(C#N)c1CC. The third-order valence-corrected chi connectivity index (χ3v) is 1.98. The summed E-state index contributed by atoms with van der Waals surface area (Å²) < 4.78 is 0. The molecule has 0 saturated heterocycles. The van der Waals surface area contributed by atoms with Gasteiger partial charge in [-0.2, -0.15) is 5.26 Å². The van der Waals surface area contributed by atoms with Gasteiger partial charge in [-0.05, 0) is 23.6 Å². The molecule has 65 valence electrons. The van der Waals surface area contributed by atoms with Gasteiger partial charge in [-0.15, -0.1) is 6.58 Å². The van der Waals surface area contributed by atoms with Crippen LogP contribution >= 0.6 is 0 Å². The van der Waals surface area contributed by atoms with E-state index in [0.717, 1.165) is 23.1 Å². The Kier molecular flexibility index (Phi) is 3.28. The van der Waals surface area contributed by atoms with Crippen molar-refractivity contribution in [1.29, 1.82) is 5.26 Å². The predicted octanol–water partition coefficient (Wildman–Crippen LogP) is 2.86. The van der Waals surface area contributed by atoms with Crippen molar-refractivity contribution in [3.63, 3.8) is 0 Å². The van der Waals surface area contributed by atoms with Crippen molar-refractivity contribution in [3.8, 4) is 6.07 Å². The van der Waals surface area contributed by atoms with Gasteiger partial charge in [0.25, 0.3) is 0 Å². The molecule has 0 fully saturated rings. The first-order valence-corrected chi connectivity index (χ1v) is 4.31. The first-order valence-electron chi connectivity index (χ1n) is 4.31. The van der Waals surface area contributed by atoms with Gasteiger partial charge in [-0.25, -0.2) is 0 Å². The Morgan fingerprint density at radius 3 is 2.85 bits per heavy atom. The van der Waals surface area contributed by atoms with E-state index in [9.17, 15) is 0 Å². The number of benzene rings is 1. The van der Waals surface area contributed by atoms with Crippen LogP contribution in [0.15, 0.2) is 30.9 Å². The Labute approximate surface area is 79.3 Å². The van der Waals surface area contributed by atoms with Gasteiger partial charge in [-0.1, -0.05) is 25.1 Å². The second-order valence-electron chi connectivity index (χ2n) is 2.74. The monoisotopic (exact) mass is 170 g/mol. The van der Waals surface area contributed by atoms with Crippen molar-refractivity contribution in [1.82, 2.24) is 0 Å². The van der Waals surface area contributed by atoms with Crippen LogP contribution in [0.3, 0.4) is 0 Å². The van der Waals surface area contributed by atoms with Gasteiger partial charge in [-0.3, -0.25) is 0 Å². The number of rotatable bonds is 3. The standard InChI is InChI=1S/C12H12N/c1-3-6-10-7-5-8-11(9-13)12(10)4-2/h3,5-8H,1,4H2,2H3. The highest BCUT2D eigenvalue weighted by Gasteiger charge is 2.04. The van der Waals surface area contributed by atoms with Gasteiger partial charge >= 0.3 is 0 Å². The lowest BCUT2D eigenvalue weighted by Gasteiger charge is -2.06. The molecule has 0 unspecified atom stereocenters. The smallest absolute Gasteiger partial charge is 0.0994 e. The van der Waals surface area contributed by atoms with Crippen molar-refractivity contribution in [2.45, 2.75) is 13.3 Å². The Bertz CT molecular complexity index is 345. The second-order valence-corrected chi connectivity index (χ2v) is 2.74. The molecule has 0 aliphatic rings. The fourth-order valence-electron chi connectivity index (χ4n) is 1.39. The average Bonchev–Trinajstić information content (AvgIpc) is 2.18. The van der Waals surface area contributed by atoms with Gasteiger partial charge in [0.2, 0.25) is 0 Å². The molecule has 1 rings (SSSR count). The lowest BCUT2D eigenvalue weighted by molar-refractivity contribution is 1.11. The molecule has 0 heterocycles. The molecule has 1 aromatic rings.